The first-order chi connectivity index (χ1) is 21.3. The van der Waals surface area contributed by atoms with Gasteiger partial charge in [0.15, 0.2) is 17.5 Å². The number of aromatic nitrogens is 3. The molecule has 0 radical (unpaired) electrons. The molecule has 7 aromatic carbocycles. The Balaban J connectivity index is 1.40. The maximum absolute atomic E-state index is 5.28. The second-order valence-electron chi connectivity index (χ2n) is 10.8. The lowest BCUT2D eigenvalue weighted by atomic mass is 9.93. The first kappa shape index (κ1) is 24.2. The number of thiophene rings is 1. The number of nitrogens with zero attached hydrogens (tertiary/aromatic N) is 3. The minimum atomic E-state index is 0.667. The number of fused-ring (bicyclic) bond motifs is 7. The zero-order chi connectivity index (χ0) is 28.3. The molecule has 0 aliphatic carbocycles. The standard InChI is InChI=1S/C39H23N3S/c1-2-12-25(13-3-1)37-40-38(32-19-10-18-31-29-17-8-9-20-34(29)43-36(31)32)42-39(41-37)35-28-16-7-5-14-26(28)23-33-27-15-6-4-11-24(27)21-22-30(33)35/h1-23H. The summed E-state index contributed by atoms with van der Waals surface area (Å²) in [5.41, 5.74) is 3.02. The summed E-state index contributed by atoms with van der Waals surface area (Å²) in [4.78, 5) is 15.6. The quantitative estimate of drug-likeness (QED) is 0.158. The average molecular weight is 566 g/mol. The maximum Gasteiger partial charge on any atom is 0.165 e. The van der Waals surface area contributed by atoms with E-state index in [4.69, 9.17) is 15.0 Å². The summed E-state index contributed by atoms with van der Waals surface area (Å²) in [7, 11) is 0. The number of benzene rings is 7. The van der Waals surface area contributed by atoms with Gasteiger partial charge in [0, 0.05) is 36.9 Å². The largest absolute Gasteiger partial charge is 0.208 e. The average Bonchev–Trinajstić information content (AvgIpc) is 3.46. The van der Waals surface area contributed by atoms with Crippen molar-refractivity contribution in [2.45, 2.75) is 0 Å². The van der Waals surface area contributed by atoms with Crippen LogP contribution in [0.15, 0.2) is 140 Å². The molecular formula is C39H23N3S. The molecule has 0 aliphatic heterocycles. The minimum absolute atomic E-state index is 0.667. The minimum Gasteiger partial charge on any atom is -0.208 e. The Kier molecular flexibility index (Phi) is 5.37. The molecule has 0 unspecified atom stereocenters. The molecule has 0 saturated heterocycles. The third kappa shape index (κ3) is 3.84. The third-order valence-electron chi connectivity index (χ3n) is 8.31. The zero-order valence-corrected chi connectivity index (χ0v) is 23.8. The molecule has 0 spiro atoms. The molecule has 3 nitrogen and oxygen atoms in total. The third-order valence-corrected chi connectivity index (χ3v) is 9.53. The van der Waals surface area contributed by atoms with Gasteiger partial charge in [0.1, 0.15) is 0 Å². The van der Waals surface area contributed by atoms with Gasteiger partial charge in [-0.05, 0) is 50.5 Å². The van der Waals surface area contributed by atoms with Crippen LogP contribution in [0.25, 0.3) is 86.7 Å². The first-order valence-electron chi connectivity index (χ1n) is 14.4. The van der Waals surface area contributed by atoms with Crippen LogP contribution in [0.1, 0.15) is 0 Å². The van der Waals surface area contributed by atoms with Crippen LogP contribution >= 0.6 is 11.3 Å². The molecule has 4 heteroatoms. The molecule has 9 rings (SSSR count). The zero-order valence-electron chi connectivity index (χ0n) is 23.0. The van der Waals surface area contributed by atoms with Crippen LogP contribution < -0.4 is 0 Å². The molecule has 9 aromatic rings. The first-order valence-corrected chi connectivity index (χ1v) is 15.2. The number of hydrogen-bond donors (Lipinski definition) is 0. The van der Waals surface area contributed by atoms with E-state index in [0.717, 1.165) is 32.8 Å². The summed E-state index contributed by atoms with van der Waals surface area (Å²) in [5, 5.41) is 9.54. The van der Waals surface area contributed by atoms with Crippen molar-refractivity contribution < 1.29 is 0 Å². The molecule has 0 amide bonds. The molecule has 0 fully saturated rings. The summed E-state index contributed by atoms with van der Waals surface area (Å²) in [6.45, 7) is 0. The Morgan fingerprint density at radius 3 is 1.95 bits per heavy atom. The summed E-state index contributed by atoms with van der Waals surface area (Å²) >= 11 is 1.79. The van der Waals surface area contributed by atoms with E-state index in [1.807, 2.05) is 18.2 Å². The lowest BCUT2D eigenvalue weighted by molar-refractivity contribution is 1.08. The van der Waals surface area contributed by atoms with Crippen LogP contribution in [0.3, 0.4) is 0 Å². The van der Waals surface area contributed by atoms with Crippen LogP contribution in [0.2, 0.25) is 0 Å². The van der Waals surface area contributed by atoms with Crippen LogP contribution in [0, 0.1) is 0 Å². The molecule has 0 atom stereocenters. The van der Waals surface area contributed by atoms with Crippen molar-refractivity contribution in [2.75, 3.05) is 0 Å². The van der Waals surface area contributed by atoms with Gasteiger partial charge in [0.2, 0.25) is 0 Å². The van der Waals surface area contributed by atoms with Crippen molar-refractivity contribution >= 4 is 63.8 Å². The van der Waals surface area contributed by atoms with Crippen LogP contribution in [0.4, 0.5) is 0 Å². The highest BCUT2D eigenvalue weighted by atomic mass is 32.1. The van der Waals surface area contributed by atoms with E-state index >= 15 is 0 Å². The molecule has 2 aromatic heterocycles. The smallest absolute Gasteiger partial charge is 0.165 e. The van der Waals surface area contributed by atoms with E-state index in [2.05, 4.69) is 121 Å². The van der Waals surface area contributed by atoms with E-state index in [0.29, 0.717) is 17.5 Å². The molecule has 0 N–H and O–H groups in total. The fraction of sp³-hybridized carbons (Fsp3) is 0. The van der Waals surface area contributed by atoms with Gasteiger partial charge in [0.05, 0.1) is 0 Å². The molecule has 0 saturated carbocycles. The molecule has 200 valence electrons. The van der Waals surface area contributed by atoms with Gasteiger partial charge in [-0.3, -0.25) is 0 Å². The van der Waals surface area contributed by atoms with E-state index in [-0.39, 0.29) is 0 Å². The van der Waals surface area contributed by atoms with Crippen molar-refractivity contribution in [1.29, 1.82) is 0 Å². The topological polar surface area (TPSA) is 38.7 Å². The lowest BCUT2D eigenvalue weighted by Gasteiger charge is -2.14. The van der Waals surface area contributed by atoms with Crippen LogP contribution in [0.5, 0.6) is 0 Å². The molecule has 2 heterocycles. The molecule has 43 heavy (non-hydrogen) atoms. The van der Waals surface area contributed by atoms with E-state index in [1.165, 1.54) is 36.3 Å². The summed E-state index contributed by atoms with van der Waals surface area (Å²) < 4.78 is 2.45. The van der Waals surface area contributed by atoms with Gasteiger partial charge < -0.3 is 0 Å². The second-order valence-corrected chi connectivity index (χ2v) is 11.9. The maximum atomic E-state index is 5.28. The summed E-state index contributed by atoms with van der Waals surface area (Å²) in [5.74, 6) is 2.03. The summed E-state index contributed by atoms with van der Waals surface area (Å²) in [6, 6.07) is 49.1. The SMILES string of the molecule is c1ccc(-c2nc(-c3c4ccccc4cc4c3ccc3ccccc34)nc(-c3cccc4c3sc3ccccc34)n2)cc1. The van der Waals surface area contributed by atoms with Gasteiger partial charge in [0.25, 0.3) is 0 Å². The highest BCUT2D eigenvalue weighted by molar-refractivity contribution is 7.26. The summed E-state index contributed by atoms with van der Waals surface area (Å²) in [6.07, 6.45) is 0. The fourth-order valence-electron chi connectivity index (χ4n) is 6.31. The number of rotatable bonds is 3. The van der Waals surface area contributed by atoms with Crippen LogP contribution in [-0.2, 0) is 0 Å². The highest BCUT2D eigenvalue weighted by Crippen LogP contribution is 2.41. The second kappa shape index (κ2) is 9.55. The van der Waals surface area contributed by atoms with Crippen molar-refractivity contribution in [2.24, 2.45) is 0 Å². The van der Waals surface area contributed by atoms with Gasteiger partial charge in [-0.1, -0.05) is 121 Å². The lowest BCUT2D eigenvalue weighted by Crippen LogP contribution is -2.01. The monoisotopic (exact) mass is 565 g/mol. The van der Waals surface area contributed by atoms with Gasteiger partial charge in [-0.2, -0.15) is 0 Å². The van der Waals surface area contributed by atoms with Crippen molar-refractivity contribution in [1.82, 2.24) is 15.0 Å². The highest BCUT2D eigenvalue weighted by Gasteiger charge is 2.19. The number of hydrogen-bond acceptors (Lipinski definition) is 4. The molecular weight excluding hydrogens is 543 g/mol. The van der Waals surface area contributed by atoms with E-state index in [1.54, 1.807) is 11.3 Å². The predicted molar refractivity (Wildman–Crippen MR) is 182 cm³/mol. The van der Waals surface area contributed by atoms with Crippen molar-refractivity contribution in [3.05, 3.63) is 140 Å². The van der Waals surface area contributed by atoms with Gasteiger partial charge >= 0.3 is 0 Å². The Morgan fingerprint density at radius 1 is 0.395 bits per heavy atom. The predicted octanol–water partition coefficient (Wildman–Crippen LogP) is 10.7. The Labute approximate surface area is 251 Å². The molecule has 0 bridgehead atoms. The van der Waals surface area contributed by atoms with Crippen LogP contribution in [-0.4, -0.2) is 15.0 Å². The van der Waals surface area contributed by atoms with Crippen molar-refractivity contribution in [3.63, 3.8) is 0 Å². The normalized spacial score (nSPS) is 11.7. The fourth-order valence-corrected chi connectivity index (χ4v) is 7.52. The van der Waals surface area contributed by atoms with Gasteiger partial charge in [-0.15, -0.1) is 11.3 Å². The Hall–Kier alpha value is -5.45. The Morgan fingerprint density at radius 2 is 1.07 bits per heavy atom. The molecule has 0 aliphatic rings. The Bertz CT molecular complexity index is 2510. The van der Waals surface area contributed by atoms with Gasteiger partial charge in [-0.25, -0.2) is 15.0 Å². The van der Waals surface area contributed by atoms with E-state index in [9.17, 15) is 0 Å². The van der Waals surface area contributed by atoms with Crippen molar-refractivity contribution in [3.8, 4) is 34.2 Å². The van der Waals surface area contributed by atoms with E-state index < -0.39 is 0 Å².